The van der Waals surface area contributed by atoms with Gasteiger partial charge in [-0.2, -0.15) is 0 Å². The molecule has 6 heteroatoms. The fourth-order valence-corrected chi connectivity index (χ4v) is 2.41. The van der Waals surface area contributed by atoms with Gasteiger partial charge in [0, 0.05) is 24.1 Å². The Morgan fingerprint density at radius 1 is 1.52 bits per heavy atom. The van der Waals surface area contributed by atoms with Gasteiger partial charge in [0.25, 0.3) is 0 Å². The Bertz CT molecular complexity index is 565. The van der Waals surface area contributed by atoms with Crippen LogP contribution < -0.4 is 11.1 Å². The molecule has 0 spiro atoms. The Kier molecular flexibility index (Phi) is 5.36. The molecule has 1 heterocycles. The summed E-state index contributed by atoms with van der Waals surface area (Å²) in [6.45, 7) is 4.30. The van der Waals surface area contributed by atoms with Crippen LogP contribution in [0.1, 0.15) is 24.8 Å². The van der Waals surface area contributed by atoms with E-state index < -0.39 is 0 Å². The fourth-order valence-electron chi connectivity index (χ4n) is 2.15. The van der Waals surface area contributed by atoms with Gasteiger partial charge < -0.3 is 21.2 Å². The summed E-state index contributed by atoms with van der Waals surface area (Å²) in [7, 11) is 0. The van der Waals surface area contributed by atoms with Crippen molar-refractivity contribution in [3.63, 3.8) is 0 Å². The van der Waals surface area contributed by atoms with E-state index in [4.69, 9.17) is 27.5 Å². The number of anilines is 1. The van der Waals surface area contributed by atoms with Crippen LogP contribution in [-0.2, 0) is 4.74 Å². The van der Waals surface area contributed by atoms with Crippen molar-refractivity contribution in [2.75, 3.05) is 11.9 Å². The van der Waals surface area contributed by atoms with Crippen LogP contribution in [0, 0.1) is 5.41 Å². The lowest BCUT2D eigenvalue weighted by Crippen LogP contribution is -2.27. The molecule has 4 N–H and O–H groups in total. The van der Waals surface area contributed by atoms with Crippen molar-refractivity contribution >= 4 is 35.0 Å². The summed E-state index contributed by atoms with van der Waals surface area (Å²) in [4.78, 5) is 4.16. The summed E-state index contributed by atoms with van der Waals surface area (Å²) in [5.74, 6) is 0.282. The molecule has 112 valence electrons. The van der Waals surface area contributed by atoms with E-state index in [1.54, 1.807) is 6.07 Å². The molecule has 1 fully saturated rings. The quantitative estimate of drug-likeness (QED) is 0.575. The zero-order valence-corrected chi connectivity index (χ0v) is 12.5. The number of nitrogens with two attached hydrogens (primary N) is 1. The minimum absolute atomic E-state index is 0.0406. The van der Waals surface area contributed by atoms with Crippen LogP contribution in [0.5, 0.6) is 0 Å². The summed E-state index contributed by atoms with van der Waals surface area (Å²) >= 11 is 6.30. The second-order valence-corrected chi connectivity index (χ2v) is 5.12. The maximum atomic E-state index is 7.58. The van der Waals surface area contributed by atoms with Crippen molar-refractivity contribution in [1.29, 1.82) is 5.41 Å². The lowest BCUT2D eigenvalue weighted by atomic mass is 10.1. The van der Waals surface area contributed by atoms with E-state index in [2.05, 4.69) is 16.9 Å². The van der Waals surface area contributed by atoms with Gasteiger partial charge in [0.1, 0.15) is 12.1 Å². The van der Waals surface area contributed by atoms with E-state index in [1.807, 2.05) is 6.07 Å². The first kappa shape index (κ1) is 15.5. The van der Waals surface area contributed by atoms with Crippen LogP contribution in [0.2, 0.25) is 5.02 Å². The number of rotatable bonds is 5. The number of aliphatic imine (C=N–C) groups is 1. The van der Waals surface area contributed by atoms with Crippen molar-refractivity contribution < 1.29 is 4.74 Å². The fraction of sp³-hybridized carbons (Fsp3) is 0.333. The number of nitrogens with zero attached hydrogens (tertiary/aromatic N) is 1. The SMILES string of the molecule is C=CC(N)=Nc1ccc(NC2CCCCO2)c(C=N)c1Cl. The first-order valence-electron chi connectivity index (χ1n) is 6.83. The van der Waals surface area contributed by atoms with Crippen molar-refractivity contribution in [3.8, 4) is 0 Å². The molecule has 1 aliphatic rings. The first-order chi connectivity index (χ1) is 10.2. The molecule has 0 amide bonds. The molecule has 1 aliphatic heterocycles. The topological polar surface area (TPSA) is 83.5 Å². The Hall–Kier alpha value is -1.85. The molecule has 1 atom stereocenters. The molecule has 1 unspecified atom stereocenters. The average molecular weight is 307 g/mol. The molecule has 0 bridgehead atoms. The second kappa shape index (κ2) is 7.24. The van der Waals surface area contributed by atoms with Crippen molar-refractivity contribution in [3.05, 3.63) is 35.4 Å². The number of hydrogen-bond donors (Lipinski definition) is 3. The van der Waals surface area contributed by atoms with Crippen LogP contribution in [-0.4, -0.2) is 24.9 Å². The highest BCUT2D eigenvalue weighted by molar-refractivity contribution is 6.36. The molecule has 21 heavy (non-hydrogen) atoms. The number of halogens is 1. The maximum Gasteiger partial charge on any atom is 0.127 e. The Morgan fingerprint density at radius 2 is 2.33 bits per heavy atom. The van der Waals surface area contributed by atoms with Gasteiger partial charge in [0.15, 0.2) is 0 Å². The third kappa shape index (κ3) is 3.83. The van der Waals surface area contributed by atoms with E-state index in [0.717, 1.165) is 31.6 Å². The van der Waals surface area contributed by atoms with Gasteiger partial charge >= 0.3 is 0 Å². The smallest absolute Gasteiger partial charge is 0.127 e. The van der Waals surface area contributed by atoms with Crippen LogP contribution in [0.3, 0.4) is 0 Å². The Labute approximate surface area is 129 Å². The summed E-state index contributed by atoms with van der Waals surface area (Å²) in [6, 6.07) is 3.59. The van der Waals surface area contributed by atoms with Crippen LogP contribution in [0.25, 0.3) is 0 Å². The van der Waals surface area contributed by atoms with Crippen LogP contribution in [0.15, 0.2) is 29.8 Å². The molecular formula is C15H19ClN4O. The molecule has 5 nitrogen and oxygen atoms in total. The molecule has 1 aromatic rings. The lowest BCUT2D eigenvalue weighted by molar-refractivity contribution is 0.0343. The summed E-state index contributed by atoms with van der Waals surface area (Å²) in [6.07, 6.45) is 5.77. The highest BCUT2D eigenvalue weighted by Gasteiger charge is 2.16. The highest BCUT2D eigenvalue weighted by Crippen LogP contribution is 2.33. The van der Waals surface area contributed by atoms with Crippen LogP contribution in [0.4, 0.5) is 11.4 Å². The molecule has 2 rings (SSSR count). The number of hydrogen-bond acceptors (Lipinski definition) is 4. The number of benzene rings is 1. The van der Waals surface area contributed by atoms with Crippen molar-refractivity contribution in [2.45, 2.75) is 25.5 Å². The molecule has 0 saturated carbocycles. The van der Waals surface area contributed by atoms with Gasteiger partial charge in [-0.3, -0.25) is 0 Å². The molecule has 1 saturated heterocycles. The van der Waals surface area contributed by atoms with Crippen molar-refractivity contribution in [1.82, 2.24) is 0 Å². The maximum absolute atomic E-state index is 7.58. The minimum atomic E-state index is -0.0406. The molecule has 1 aromatic carbocycles. The predicted molar refractivity (Wildman–Crippen MR) is 88.0 cm³/mol. The zero-order valence-electron chi connectivity index (χ0n) is 11.7. The van der Waals surface area contributed by atoms with E-state index in [9.17, 15) is 0 Å². The third-order valence-corrected chi connectivity index (χ3v) is 3.66. The number of nitrogens with one attached hydrogen (secondary N) is 2. The van der Waals surface area contributed by atoms with Gasteiger partial charge in [-0.25, -0.2) is 4.99 Å². The van der Waals surface area contributed by atoms with Gasteiger partial charge in [-0.1, -0.05) is 18.2 Å². The largest absolute Gasteiger partial charge is 0.384 e. The lowest BCUT2D eigenvalue weighted by Gasteiger charge is -2.25. The van der Waals surface area contributed by atoms with Gasteiger partial charge in [-0.15, -0.1) is 0 Å². The first-order valence-corrected chi connectivity index (χ1v) is 7.21. The average Bonchev–Trinajstić information content (AvgIpc) is 2.51. The highest BCUT2D eigenvalue weighted by atomic mass is 35.5. The molecule has 0 radical (unpaired) electrons. The second-order valence-electron chi connectivity index (χ2n) is 4.74. The zero-order chi connectivity index (χ0) is 15.2. The van der Waals surface area contributed by atoms with E-state index in [-0.39, 0.29) is 12.1 Å². The standard InChI is InChI=1S/C15H19ClN4O/c1-2-13(18)19-12-7-6-11(10(9-17)15(12)16)20-14-5-3-4-8-21-14/h2,6-7,9,14,17,20H,1,3-5,8H2,(H2,18,19). The van der Waals surface area contributed by atoms with Gasteiger partial charge in [0.2, 0.25) is 0 Å². The Balaban J connectivity index is 2.28. The molecular weight excluding hydrogens is 288 g/mol. The number of ether oxygens (including phenoxy) is 1. The predicted octanol–water partition coefficient (Wildman–Crippen LogP) is 3.45. The van der Waals surface area contributed by atoms with E-state index >= 15 is 0 Å². The van der Waals surface area contributed by atoms with E-state index in [0.29, 0.717) is 16.3 Å². The third-order valence-electron chi connectivity index (χ3n) is 3.26. The molecule has 0 aromatic heterocycles. The van der Waals surface area contributed by atoms with Gasteiger partial charge in [0.05, 0.1) is 10.7 Å². The summed E-state index contributed by atoms with van der Waals surface area (Å²) < 4.78 is 5.64. The normalized spacial score (nSPS) is 19.1. The number of amidine groups is 1. The van der Waals surface area contributed by atoms with E-state index in [1.165, 1.54) is 12.3 Å². The van der Waals surface area contributed by atoms with Gasteiger partial charge in [-0.05, 0) is 37.5 Å². The van der Waals surface area contributed by atoms with Crippen LogP contribution >= 0.6 is 11.6 Å². The monoisotopic (exact) mass is 306 g/mol. The summed E-state index contributed by atoms with van der Waals surface area (Å²) in [5, 5.41) is 11.2. The molecule has 0 aliphatic carbocycles. The minimum Gasteiger partial charge on any atom is -0.384 e. The summed E-state index contributed by atoms with van der Waals surface area (Å²) in [5.41, 5.74) is 7.49. The van der Waals surface area contributed by atoms with Crippen molar-refractivity contribution in [2.24, 2.45) is 10.7 Å². The Morgan fingerprint density at radius 3 is 2.95 bits per heavy atom.